The monoisotopic (exact) mass is 329 g/mol. The zero-order valence-corrected chi connectivity index (χ0v) is 13.1. The molecule has 0 saturated carbocycles. The van der Waals surface area contributed by atoms with Gasteiger partial charge in [-0.05, 0) is 36.4 Å². The second kappa shape index (κ2) is 6.71. The summed E-state index contributed by atoms with van der Waals surface area (Å²) in [5.74, 6) is -0.0164. The molecule has 2 aromatic rings. The largest absolute Gasteiger partial charge is 0.333 e. The van der Waals surface area contributed by atoms with E-state index in [0.29, 0.717) is 17.3 Å². The van der Waals surface area contributed by atoms with E-state index in [0.717, 1.165) is 5.69 Å². The van der Waals surface area contributed by atoms with Crippen molar-refractivity contribution in [1.29, 1.82) is 0 Å². The Morgan fingerprint density at radius 1 is 1.09 bits per heavy atom. The molecule has 23 heavy (non-hydrogen) atoms. The average Bonchev–Trinajstić information content (AvgIpc) is 2.89. The lowest BCUT2D eigenvalue weighted by atomic mass is 10.2. The fourth-order valence-corrected chi connectivity index (χ4v) is 2.67. The lowest BCUT2D eigenvalue weighted by Gasteiger charge is -2.17. The minimum Gasteiger partial charge on any atom is -0.333 e. The molecule has 3 rings (SSSR count). The Labute approximate surface area is 139 Å². The molecule has 1 aliphatic heterocycles. The van der Waals surface area contributed by atoms with Gasteiger partial charge in [-0.25, -0.2) is 4.79 Å². The van der Waals surface area contributed by atoms with Crippen LogP contribution in [0.1, 0.15) is 6.42 Å². The SMILES string of the molecule is O=C(Nc1ccccc1)N[C@H]1CC(=O)N(c2ccc(Cl)cc2)C1. The van der Waals surface area contributed by atoms with Crippen molar-refractivity contribution in [3.05, 3.63) is 59.6 Å². The first kappa shape index (κ1) is 15.4. The Morgan fingerprint density at radius 2 is 1.78 bits per heavy atom. The number of hydrogen-bond donors (Lipinski definition) is 2. The highest BCUT2D eigenvalue weighted by Crippen LogP contribution is 2.23. The van der Waals surface area contributed by atoms with Crippen molar-refractivity contribution in [3.8, 4) is 0 Å². The lowest BCUT2D eigenvalue weighted by molar-refractivity contribution is -0.117. The van der Waals surface area contributed by atoms with Crippen LogP contribution < -0.4 is 15.5 Å². The minimum absolute atomic E-state index is 0.0164. The van der Waals surface area contributed by atoms with Gasteiger partial charge in [0, 0.05) is 29.4 Å². The summed E-state index contributed by atoms with van der Waals surface area (Å²) in [7, 11) is 0. The molecule has 1 aliphatic rings. The van der Waals surface area contributed by atoms with Crippen LogP contribution in [-0.2, 0) is 4.79 Å². The van der Waals surface area contributed by atoms with Gasteiger partial charge < -0.3 is 15.5 Å². The molecular formula is C17H16ClN3O2. The number of halogens is 1. The Kier molecular flexibility index (Phi) is 4.48. The molecular weight excluding hydrogens is 314 g/mol. The molecule has 1 saturated heterocycles. The van der Waals surface area contributed by atoms with Gasteiger partial charge in [0.15, 0.2) is 0 Å². The highest BCUT2D eigenvalue weighted by atomic mass is 35.5. The predicted molar refractivity (Wildman–Crippen MR) is 90.8 cm³/mol. The second-order valence-corrected chi connectivity index (χ2v) is 5.78. The molecule has 5 nitrogen and oxygen atoms in total. The van der Waals surface area contributed by atoms with Crippen molar-refractivity contribution in [2.45, 2.75) is 12.5 Å². The Bertz CT molecular complexity index is 704. The molecule has 0 aromatic heterocycles. The van der Waals surface area contributed by atoms with E-state index in [1.807, 2.05) is 18.2 Å². The van der Waals surface area contributed by atoms with Gasteiger partial charge in [0.05, 0.1) is 6.04 Å². The van der Waals surface area contributed by atoms with Crippen LogP contribution in [0.25, 0.3) is 0 Å². The number of anilines is 2. The van der Waals surface area contributed by atoms with Crippen molar-refractivity contribution in [2.24, 2.45) is 0 Å². The fourth-order valence-electron chi connectivity index (χ4n) is 2.55. The van der Waals surface area contributed by atoms with E-state index in [2.05, 4.69) is 10.6 Å². The smallest absolute Gasteiger partial charge is 0.319 e. The summed E-state index contributed by atoms with van der Waals surface area (Å²) in [5.41, 5.74) is 1.50. The number of urea groups is 1. The molecule has 0 unspecified atom stereocenters. The maximum atomic E-state index is 12.1. The van der Waals surface area contributed by atoms with Crippen LogP contribution in [0.2, 0.25) is 5.02 Å². The molecule has 2 N–H and O–H groups in total. The summed E-state index contributed by atoms with van der Waals surface area (Å²) in [6, 6.07) is 15.7. The number of rotatable bonds is 3. The number of para-hydroxylation sites is 1. The molecule has 1 heterocycles. The van der Waals surface area contributed by atoms with E-state index in [4.69, 9.17) is 11.6 Å². The molecule has 0 radical (unpaired) electrons. The van der Waals surface area contributed by atoms with E-state index in [-0.39, 0.29) is 24.4 Å². The zero-order valence-electron chi connectivity index (χ0n) is 12.3. The highest BCUT2D eigenvalue weighted by molar-refractivity contribution is 6.30. The van der Waals surface area contributed by atoms with Gasteiger partial charge in [0.2, 0.25) is 5.91 Å². The summed E-state index contributed by atoms with van der Waals surface area (Å²) in [6.45, 7) is 0.447. The maximum Gasteiger partial charge on any atom is 0.319 e. The lowest BCUT2D eigenvalue weighted by Crippen LogP contribution is -2.39. The zero-order chi connectivity index (χ0) is 16.2. The van der Waals surface area contributed by atoms with Crippen LogP contribution in [0.15, 0.2) is 54.6 Å². The van der Waals surface area contributed by atoms with Crippen molar-refractivity contribution in [3.63, 3.8) is 0 Å². The number of nitrogens with one attached hydrogen (secondary N) is 2. The van der Waals surface area contributed by atoms with E-state index in [1.165, 1.54) is 0 Å². The molecule has 0 aliphatic carbocycles. The molecule has 6 heteroatoms. The summed E-state index contributed by atoms with van der Waals surface area (Å²) >= 11 is 5.86. The highest BCUT2D eigenvalue weighted by Gasteiger charge is 2.31. The van der Waals surface area contributed by atoms with Gasteiger partial charge >= 0.3 is 6.03 Å². The van der Waals surface area contributed by atoms with Gasteiger partial charge in [0.1, 0.15) is 0 Å². The van der Waals surface area contributed by atoms with Crippen LogP contribution in [0, 0.1) is 0 Å². The molecule has 2 aromatic carbocycles. The standard InChI is InChI=1S/C17H16ClN3O2/c18-12-6-8-15(9-7-12)21-11-14(10-16(21)22)20-17(23)19-13-4-2-1-3-5-13/h1-9,14H,10-11H2,(H2,19,20,23)/t14-/m0/s1. The predicted octanol–water partition coefficient (Wildman–Crippen LogP) is 3.27. The number of hydrogen-bond acceptors (Lipinski definition) is 2. The van der Waals surface area contributed by atoms with Crippen molar-refractivity contribution in [2.75, 3.05) is 16.8 Å². The number of nitrogens with zero attached hydrogens (tertiary/aromatic N) is 1. The van der Waals surface area contributed by atoms with E-state index in [9.17, 15) is 9.59 Å². The Hall–Kier alpha value is -2.53. The second-order valence-electron chi connectivity index (χ2n) is 5.35. The number of benzene rings is 2. The normalized spacial score (nSPS) is 17.2. The first-order valence-electron chi connectivity index (χ1n) is 7.30. The molecule has 1 atom stereocenters. The first-order chi connectivity index (χ1) is 11.1. The third kappa shape index (κ3) is 3.81. The van der Waals surface area contributed by atoms with Crippen molar-refractivity contribution in [1.82, 2.24) is 5.32 Å². The summed E-state index contributed by atoms with van der Waals surface area (Å²) < 4.78 is 0. The van der Waals surface area contributed by atoms with Crippen LogP contribution in [0.4, 0.5) is 16.2 Å². The molecule has 1 fully saturated rings. The van der Waals surface area contributed by atoms with E-state index >= 15 is 0 Å². The molecule has 0 bridgehead atoms. The van der Waals surface area contributed by atoms with Gasteiger partial charge in [-0.2, -0.15) is 0 Å². The summed E-state index contributed by atoms with van der Waals surface area (Å²) in [5, 5.41) is 6.20. The number of carbonyl (C=O) groups is 2. The van der Waals surface area contributed by atoms with Crippen LogP contribution in [0.5, 0.6) is 0 Å². The molecule has 118 valence electrons. The van der Waals surface area contributed by atoms with E-state index in [1.54, 1.807) is 41.3 Å². The summed E-state index contributed by atoms with van der Waals surface area (Å²) in [4.78, 5) is 25.8. The summed E-state index contributed by atoms with van der Waals surface area (Å²) in [6.07, 6.45) is 0.283. The third-order valence-electron chi connectivity index (χ3n) is 3.63. The minimum atomic E-state index is -0.313. The van der Waals surface area contributed by atoms with Crippen LogP contribution >= 0.6 is 11.6 Å². The Morgan fingerprint density at radius 3 is 2.48 bits per heavy atom. The van der Waals surface area contributed by atoms with Gasteiger partial charge in [-0.3, -0.25) is 4.79 Å². The Balaban J connectivity index is 1.59. The van der Waals surface area contributed by atoms with Gasteiger partial charge in [-0.15, -0.1) is 0 Å². The fraction of sp³-hybridized carbons (Fsp3) is 0.176. The molecule has 0 spiro atoms. The first-order valence-corrected chi connectivity index (χ1v) is 7.68. The van der Waals surface area contributed by atoms with Gasteiger partial charge in [-0.1, -0.05) is 29.8 Å². The average molecular weight is 330 g/mol. The molecule has 3 amide bonds. The van der Waals surface area contributed by atoms with Crippen LogP contribution in [0.3, 0.4) is 0 Å². The number of carbonyl (C=O) groups excluding carboxylic acids is 2. The quantitative estimate of drug-likeness (QED) is 0.908. The third-order valence-corrected chi connectivity index (χ3v) is 3.88. The van der Waals surface area contributed by atoms with Crippen LogP contribution in [-0.4, -0.2) is 24.5 Å². The van der Waals surface area contributed by atoms with Crippen molar-refractivity contribution >= 4 is 34.9 Å². The number of amides is 3. The topological polar surface area (TPSA) is 61.4 Å². The van der Waals surface area contributed by atoms with E-state index < -0.39 is 0 Å². The van der Waals surface area contributed by atoms with Crippen molar-refractivity contribution < 1.29 is 9.59 Å². The van der Waals surface area contributed by atoms with Gasteiger partial charge in [0.25, 0.3) is 0 Å². The maximum absolute atomic E-state index is 12.1.